The van der Waals surface area contributed by atoms with E-state index < -0.39 is 0 Å². The lowest BCUT2D eigenvalue weighted by molar-refractivity contribution is 0.0702. The highest BCUT2D eigenvalue weighted by molar-refractivity contribution is 7.14. The van der Waals surface area contributed by atoms with Crippen molar-refractivity contribution in [3.63, 3.8) is 0 Å². The molecule has 124 valence electrons. The molecule has 1 fully saturated rings. The first kappa shape index (κ1) is 15.1. The molecule has 1 saturated heterocycles. The summed E-state index contributed by atoms with van der Waals surface area (Å²) in [5.74, 6) is 1.65. The average Bonchev–Trinajstić information content (AvgIpc) is 3.35. The first-order chi connectivity index (χ1) is 11.7. The fraction of sp³-hybridized carbons (Fsp3) is 0.375. The molecule has 0 saturated carbocycles. The van der Waals surface area contributed by atoms with E-state index in [1.807, 2.05) is 17.0 Å². The third-order valence-corrected chi connectivity index (χ3v) is 5.25. The second kappa shape index (κ2) is 6.20. The Morgan fingerprint density at radius 1 is 1.33 bits per heavy atom. The molecule has 1 amide bonds. The Balaban J connectivity index is 1.40. The largest absolute Gasteiger partial charge is 0.462 e. The van der Waals surface area contributed by atoms with E-state index >= 15 is 0 Å². The Kier molecular flexibility index (Phi) is 3.89. The number of piperidine rings is 1. The monoisotopic (exact) mass is 344 g/mol. The minimum absolute atomic E-state index is 0.0705. The molecule has 0 atom stereocenters. The molecule has 0 spiro atoms. The molecule has 0 aliphatic carbocycles. The number of hydrogen-bond acceptors (Lipinski definition) is 7. The van der Waals surface area contributed by atoms with Gasteiger partial charge in [0.1, 0.15) is 10.8 Å². The van der Waals surface area contributed by atoms with E-state index in [0.29, 0.717) is 30.5 Å². The molecule has 0 unspecified atom stereocenters. The SMILES string of the molecule is Cc1cc(C(=O)N2CCC(c3nnc(-c4ccco4)s3)CC2)no1. The lowest BCUT2D eigenvalue weighted by Crippen LogP contribution is -2.38. The molecule has 4 rings (SSSR count). The number of aryl methyl sites for hydroxylation is 1. The molecule has 8 heteroatoms. The lowest BCUT2D eigenvalue weighted by atomic mass is 9.97. The molecule has 1 aliphatic heterocycles. The Morgan fingerprint density at radius 3 is 2.83 bits per heavy atom. The zero-order valence-corrected chi connectivity index (χ0v) is 14.0. The van der Waals surface area contributed by atoms with Crippen LogP contribution in [-0.2, 0) is 0 Å². The van der Waals surface area contributed by atoms with Crippen LogP contribution >= 0.6 is 11.3 Å². The molecular weight excluding hydrogens is 328 g/mol. The number of aromatic nitrogens is 3. The zero-order valence-electron chi connectivity index (χ0n) is 13.1. The van der Waals surface area contributed by atoms with Crippen molar-refractivity contribution in [1.29, 1.82) is 0 Å². The van der Waals surface area contributed by atoms with Gasteiger partial charge in [-0.1, -0.05) is 16.5 Å². The van der Waals surface area contributed by atoms with Crippen LogP contribution < -0.4 is 0 Å². The number of carbonyl (C=O) groups excluding carboxylic acids is 1. The highest BCUT2D eigenvalue weighted by Crippen LogP contribution is 2.33. The predicted molar refractivity (Wildman–Crippen MR) is 86.7 cm³/mol. The number of hydrogen-bond donors (Lipinski definition) is 0. The summed E-state index contributed by atoms with van der Waals surface area (Å²) in [4.78, 5) is 14.2. The maximum atomic E-state index is 12.4. The van der Waals surface area contributed by atoms with Gasteiger partial charge < -0.3 is 13.8 Å². The molecule has 3 aromatic heterocycles. The minimum Gasteiger partial charge on any atom is -0.462 e. The van der Waals surface area contributed by atoms with Crippen LogP contribution in [0.3, 0.4) is 0 Å². The first-order valence-corrected chi connectivity index (χ1v) is 8.62. The maximum absolute atomic E-state index is 12.4. The number of nitrogens with zero attached hydrogens (tertiary/aromatic N) is 4. The lowest BCUT2D eigenvalue weighted by Gasteiger charge is -2.30. The van der Waals surface area contributed by atoms with Gasteiger partial charge in [-0.15, -0.1) is 10.2 Å². The summed E-state index contributed by atoms with van der Waals surface area (Å²) in [5, 5.41) is 14.1. The second-order valence-corrected chi connectivity index (χ2v) is 6.82. The summed E-state index contributed by atoms with van der Waals surface area (Å²) >= 11 is 1.56. The Morgan fingerprint density at radius 2 is 2.17 bits per heavy atom. The van der Waals surface area contributed by atoms with Gasteiger partial charge in [0, 0.05) is 25.1 Å². The number of rotatable bonds is 3. The van der Waals surface area contributed by atoms with E-state index in [9.17, 15) is 4.79 Å². The Bertz CT molecular complexity index is 831. The topological polar surface area (TPSA) is 85.3 Å². The van der Waals surface area contributed by atoms with Crippen molar-refractivity contribution >= 4 is 17.2 Å². The highest BCUT2D eigenvalue weighted by atomic mass is 32.1. The summed E-state index contributed by atoms with van der Waals surface area (Å²) in [7, 11) is 0. The van der Waals surface area contributed by atoms with Crippen LogP contribution in [0.4, 0.5) is 0 Å². The number of likely N-dealkylation sites (tertiary alicyclic amines) is 1. The van der Waals surface area contributed by atoms with Gasteiger partial charge in [0.25, 0.3) is 5.91 Å². The third-order valence-electron chi connectivity index (χ3n) is 4.15. The van der Waals surface area contributed by atoms with Gasteiger partial charge in [0.15, 0.2) is 16.5 Å². The van der Waals surface area contributed by atoms with E-state index in [1.54, 1.807) is 30.6 Å². The van der Waals surface area contributed by atoms with Gasteiger partial charge >= 0.3 is 0 Å². The molecular formula is C16H16N4O3S. The summed E-state index contributed by atoms with van der Waals surface area (Å²) < 4.78 is 10.3. The van der Waals surface area contributed by atoms with Crippen LogP contribution in [0.25, 0.3) is 10.8 Å². The summed E-state index contributed by atoms with van der Waals surface area (Å²) in [6.07, 6.45) is 3.37. The smallest absolute Gasteiger partial charge is 0.276 e. The van der Waals surface area contributed by atoms with E-state index in [1.165, 1.54) is 0 Å². The minimum atomic E-state index is -0.0705. The van der Waals surface area contributed by atoms with Crippen LogP contribution in [0, 0.1) is 6.92 Å². The summed E-state index contributed by atoms with van der Waals surface area (Å²) in [5.41, 5.74) is 0.377. The standard InChI is InChI=1S/C16H16N4O3S/c1-10-9-12(19-23-10)16(21)20-6-4-11(5-7-20)14-17-18-15(24-14)13-3-2-8-22-13/h2-3,8-9,11H,4-7H2,1H3. The molecule has 0 aromatic carbocycles. The predicted octanol–water partition coefficient (Wildman–Crippen LogP) is 3.11. The molecule has 3 aromatic rings. The number of carbonyl (C=O) groups is 1. The van der Waals surface area contributed by atoms with Crippen LogP contribution in [0.5, 0.6) is 0 Å². The van der Waals surface area contributed by atoms with Crippen molar-refractivity contribution in [3.8, 4) is 10.8 Å². The fourth-order valence-corrected chi connectivity index (χ4v) is 3.84. The van der Waals surface area contributed by atoms with Gasteiger partial charge in [-0.3, -0.25) is 4.79 Å². The quantitative estimate of drug-likeness (QED) is 0.726. The van der Waals surface area contributed by atoms with Crippen LogP contribution in [0.15, 0.2) is 33.4 Å². The van der Waals surface area contributed by atoms with E-state index in [0.717, 1.165) is 28.6 Å². The highest BCUT2D eigenvalue weighted by Gasteiger charge is 2.28. The summed E-state index contributed by atoms with van der Waals surface area (Å²) in [6, 6.07) is 5.40. The Labute approximate surface area is 142 Å². The van der Waals surface area contributed by atoms with E-state index in [-0.39, 0.29) is 5.91 Å². The molecule has 1 aliphatic rings. The number of furan rings is 1. The molecule has 4 heterocycles. The van der Waals surface area contributed by atoms with Gasteiger partial charge in [-0.2, -0.15) is 0 Å². The first-order valence-electron chi connectivity index (χ1n) is 7.80. The van der Waals surface area contributed by atoms with Crippen molar-refractivity contribution in [2.75, 3.05) is 13.1 Å². The van der Waals surface area contributed by atoms with Gasteiger partial charge in [-0.25, -0.2) is 0 Å². The fourth-order valence-electron chi connectivity index (χ4n) is 2.86. The maximum Gasteiger partial charge on any atom is 0.276 e. The molecule has 7 nitrogen and oxygen atoms in total. The van der Waals surface area contributed by atoms with Crippen molar-refractivity contribution in [1.82, 2.24) is 20.3 Å². The number of amides is 1. The van der Waals surface area contributed by atoms with E-state index in [4.69, 9.17) is 8.94 Å². The van der Waals surface area contributed by atoms with Gasteiger partial charge in [0.05, 0.1) is 6.26 Å². The van der Waals surface area contributed by atoms with Crippen molar-refractivity contribution in [2.24, 2.45) is 0 Å². The van der Waals surface area contributed by atoms with Crippen molar-refractivity contribution in [2.45, 2.75) is 25.7 Å². The molecule has 24 heavy (non-hydrogen) atoms. The molecule has 0 N–H and O–H groups in total. The van der Waals surface area contributed by atoms with Crippen LogP contribution in [0.1, 0.15) is 40.0 Å². The van der Waals surface area contributed by atoms with Crippen LogP contribution in [-0.4, -0.2) is 39.3 Å². The van der Waals surface area contributed by atoms with Gasteiger partial charge in [0.2, 0.25) is 0 Å². The second-order valence-electron chi connectivity index (χ2n) is 5.81. The average molecular weight is 344 g/mol. The van der Waals surface area contributed by atoms with Crippen molar-refractivity contribution in [3.05, 3.63) is 40.9 Å². The molecule has 0 bridgehead atoms. The molecule has 0 radical (unpaired) electrons. The van der Waals surface area contributed by atoms with E-state index in [2.05, 4.69) is 15.4 Å². The van der Waals surface area contributed by atoms with Crippen molar-refractivity contribution < 1.29 is 13.7 Å². The zero-order chi connectivity index (χ0) is 16.5. The normalized spacial score (nSPS) is 15.8. The Hall–Kier alpha value is -2.48. The van der Waals surface area contributed by atoms with Gasteiger partial charge in [-0.05, 0) is 31.9 Å². The summed E-state index contributed by atoms with van der Waals surface area (Å²) in [6.45, 7) is 3.15. The third kappa shape index (κ3) is 2.84. The van der Waals surface area contributed by atoms with Crippen LogP contribution in [0.2, 0.25) is 0 Å².